The number of methoxy groups -OCH3 is 4. The number of nitrogens with one attached hydrogen (secondary N) is 1. The van der Waals surface area contributed by atoms with Gasteiger partial charge in [0.05, 0.1) is 60.9 Å². The second-order valence-electron chi connectivity index (χ2n) is 11.3. The SMILES string of the molecule is C.COc1cc2c(nc1OC)c(-c1cc3c(Cl)ccnc3[nH]1)cn2C.COc1cc2c(nc1OC)c(-c1cc3c(Cl)ccnc3n1C)cn2C. The number of hydrogen-bond donors (Lipinski definition) is 1. The summed E-state index contributed by atoms with van der Waals surface area (Å²) in [6.45, 7) is 0. The maximum atomic E-state index is 6.33. The van der Waals surface area contributed by atoms with Gasteiger partial charge in [-0.25, -0.2) is 19.9 Å². The molecule has 0 spiro atoms. The van der Waals surface area contributed by atoms with Gasteiger partial charge in [-0.1, -0.05) is 30.6 Å². The zero-order valence-electron chi connectivity index (χ0n) is 27.8. The lowest BCUT2D eigenvalue weighted by Gasteiger charge is -2.07. The lowest BCUT2D eigenvalue weighted by Crippen LogP contribution is -1.96. The summed E-state index contributed by atoms with van der Waals surface area (Å²) in [5.74, 6) is 2.10. The van der Waals surface area contributed by atoms with Crippen LogP contribution in [0.3, 0.4) is 0 Å². The number of nitrogens with zero attached hydrogens (tertiary/aromatic N) is 7. The van der Waals surface area contributed by atoms with Gasteiger partial charge in [-0.2, -0.15) is 0 Å². The zero-order valence-corrected chi connectivity index (χ0v) is 29.3. The average Bonchev–Trinajstić information content (AvgIpc) is 3.87. The Hall–Kier alpha value is -5.46. The van der Waals surface area contributed by atoms with E-state index in [1.165, 1.54) is 0 Å². The van der Waals surface area contributed by atoms with Crippen LogP contribution < -0.4 is 18.9 Å². The van der Waals surface area contributed by atoms with Crippen LogP contribution in [-0.2, 0) is 21.1 Å². The molecule has 0 aliphatic carbocycles. The van der Waals surface area contributed by atoms with Gasteiger partial charge >= 0.3 is 0 Å². The van der Waals surface area contributed by atoms with Crippen molar-refractivity contribution in [2.75, 3.05) is 28.4 Å². The van der Waals surface area contributed by atoms with Gasteiger partial charge in [0.1, 0.15) is 22.3 Å². The molecule has 0 saturated heterocycles. The summed E-state index contributed by atoms with van der Waals surface area (Å²) in [5, 5.41) is 3.14. The van der Waals surface area contributed by atoms with E-state index in [1.807, 2.05) is 71.5 Å². The summed E-state index contributed by atoms with van der Waals surface area (Å²) in [4.78, 5) is 21.3. The topological polar surface area (TPSA) is 119 Å². The van der Waals surface area contributed by atoms with Gasteiger partial charge in [0.25, 0.3) is 11.8 Å². The Morgan fingerprint density at radius 1 is 0.660 bits per heavy atom. The van der Waals surface area contributed by atoms with E-state index in [9.17, 15) is 0 Å². The Balaban J connectivity index is 0.000000170. The lowest BCUT2D eigenvalue weighted by atomic mass is 10.2. The van der Waals surface area contributed by atoms with Gasteiger partial charge in [0.2, 0.25) is 0 Å². The van der Waals surface area contributed by atoms with E-state index in [-0.39, 0.29) is 7.43 Å². The third-order valence-electron chi connectivity index (χ3n) is 8.53. The molecule has 0 fully saturated rings. The Morgan fingerprint density at radius 2 is 1.20 bits per heavy atom. The Labute approximate surface area is 298 Å². The number of aryl methyl sites for hydroxylation is 3. The van der Waals surface area contributed by atoms with Gasteiger partial charge < -0.3 is 37.6 Å². The highest BCUT2D eigenvalue weighted by atomic mass is 35.5. The van der Waals surface area contributed by atoms with Crippen LogP contribution >= 0.6 is 23.2 Å². The maximum absolute atomic E-state index is 6.33. The zero-order chi connectivity index (χ0) is 34.6. The molecule has 0 aliphatic rings. The highest BCUT2D eigenvalue weighted by Crippen LogP contribution is 2.39. The standard InChI is InChI=1S/C18H17ClN4O2.C17H15ClN4O2.CH4/c1-22-9-11(16-14(22)8-15(24-3)18(21-16)25-4)13-7-10-12(19)5-6-20-17(10)23(13)2;1-22-8-10(12-6-9-11(18)4-5-19-16(9)20-12)15-13(22)7-14(23-2)17(21-15)24-3;/h5-9H,1-4H3;4-8H,1-3H3,(H,19,20);1H4. The second-order valence-corrected chi connectivity index (χ2v) is 12.1. The van der Waals surface area contributed by atoms with Crippen LogP contribution in [0.15, 0.2) is 61.2 Å². The van der Waals surface area contributed by atoms with E-state index in [1.54, 1.807) is 53.0 Å². The molecule has 14 heteroatoms. The fourth-order valence-corrected chi connectivity index (χ4v) is 6.47. The van der Waals surface area contributed by atoms with Crippen molar-refractivity contribution in [2.45, 2.75) is 7.43 Å². The van der Waals surface area contributed by atoms with Crippen LogP contribution in [0, 0.1) is 0 Å². The normalized spacial score (nSPS) is 11.1. The smallest absolute Gasteiger partial charge is 0.257 e. The summed E-state index contributed by atoms with van der Waals surface area (Å²) >= 11 is 12.6. The minimum absolute atomic E-state index is 0. The fraction of sp³-hybridized carbons (Fsp3) is 0.222. The molecule has 50 heavy (non-hydrogen) atoms. The summed E-state index contributed by atoms with van der Waals surface area (Å²) < 4.78 is 27.5. The quantitative estimate of drug-likeness (QED) is 0.183. The van der Waals surface area contributed by atoms with Crippen molar-refractivity contribution < 1.29 is 18.9 Å². The number of hydrogen-bond acceptors (Lipinski definition) is 8. The number of aromatic nitrogens is 8. The van der Waals surface area contributed by atoms with E-state index >= 15 is 0 Å². The number of ether oxygens (including phenoxy) is 4. The van der Waals surface area contributed by atoms with Crippen LogP contribution in [0.25, 0.3) is 66.6 Å². The summed E-state index contributed by atoms with van der Waals surface area (Å²) in [5.41, 5.74) is 8.95. The van der Waals surface area contributed by atoms with E-state index in [2.05, 4.69) is 24.9 Å². The van der Waals surface area contributed by atoms with Crippen LogP contribution in [0.2, 0.25) is 10.0 Å². The molecule has 0 aliphatic heterocycles. The monoisotopic (exact) mass is 714 g/mol. The van der Waals surface area contributed by atoms with E-state index in [0.717, 1.165) is 66.6 Å². The number of H-pyrrole nitrogens is 1. The van der Waals surface area contributed by atoms with Crippen molar-refractivity contribution in [1.29, 1.82) is 0 Å². The summed E-state index contributed by atoms with van der Waals surface area (Å²) in [6, 6.07) is 11.4. The molecule has 1 N–H and O–H groups in total. The van der Waals surface area contributed by atoms with Crippen LogP contribution in [-0.4, -0.2) is 67.1 Å². The summed E-state index contributed by atoms with van der Waals surface area (Å²) in [7, 11) is 12.3. The van der Waals surface area contributed by atoms with Crippen molar-refractivity contribution in [1.82, 2.24) is 38.6 Å². The van der Waals surface area contributed by atoms with E-state index < -0.39 is 0 Å². The number of rotatable bonds is 6. The van der Waals surface area contributed by atoms with Gasteiger partial charge in [-0.3, -0.25) is 0 Å². The average molecular weight is 716 g/mol. The minimum Gasteiger partial charge on any atom is -0.491 e. The number of aromatic amines is 1. The first-order valence-corrected chi connectivity index (χ1v) is 15.8. The lowest BCUT2D eigenvalue weighted by molar-refractivity contribution is 0.344. The molecule has 8 heterocycles. The predicted molar refractivity (Wildman–Crippen MR) is 199 cm³/mol. The largest absolute Gasteiger partial charge is 0.491 e. The van der Waals surface area contributed by atoms with Gasteiger partial charge in [0, 0.05) is 80.0 Å². The molecule has 258 valence electrons. The highest BCUT2D eigenvalue weighted by molar-refractivity contribution is 6.35. The van der Waals surface area contributed by atoms with E-state index in [0.29, 0.717) is 33.3 Å². The molecule has 0 aromatic carbocycles. The first kappa shape index (κ1) is 34.4. The number of pyridine rings is 4. The summed E-state index contributed by atoms with van der Waals surface area (Å²) in [6.07, 6.45) is 7.44. The van der Waals surface area contributed by atoms with Crippen molar-refractivity contribution in [2.24, 2.45) is 21.1 Å². The third-order valence-corrected chi connectivity index (χ3v) is 9.19. The van der Waals surface area contributed by atoms with E-state index in [4.69, 9.17) is 42.1 Å². The Morgan fingerprint density at radius 3 is 1.74 bits per heavy atom. The molecule has 8 aromatic rings. The minimum atomic E-state index is 0. The molecule has 0 radical (unpaired) electrons. The van der Waals surface area contributed by atoms with Crippen molar-refractivity contribution in [3.8, 4) is 45.8 Å². The van der Waals surface area contributed by atoms with Crippen molar-refractivity contribution >= 4 is 67.3 Å². The fourth-order valence-electron chi connectivity index (χ4n) is 6.07. The molecule has 8 rings (SSSR count). The molecular weight excluding hydrogens is 679 g/mol. The second kappa shape index (κ2) is 13.4. The van der Waals surface area contributed by atoms with Crippen molar-refractivity contribution in [3.63, 3.8) is 0 Å². The number of halogens is 2. The predicted octanol–water partition coefficient (Wildman–Crippen LogP) is 8.22. The number of fused-ring (bicyclic) bond motifs is 4. The van der Waals surface area contributed by atoms with Gasteiger partial charge in [0.15, 0.2) is 11.5 Å². The van der Waals surface area contributed by atoms with Crippen LogP contribution in [0.4, 0.5) is 0 Å². The molecule has 8 aromatic heterocycles. The molecule has 0 amide bonds. The highest BCUT2D eigenvalue weighted by Gasteiger charge is 2.20. The molecule has 12 nitrogen and oxygen atoms in total. The maximum Gasteiger partial charge on any atom is 0.257 e. The molecule has 0 bridgehead atoms. The molecule has 0 atom stereocenters. The third kappa shape index (κ3) is 5.60. The molecule has 0 saturated carbocycles. The first-order valence-electron chi connectivity index (χ1n) is 15.1. The van der Waals surface area contributed by atoms with Crippen molar-refractivity contribution in [3.05, 3.63) is 71.2 Å². The Bertz CT molecular complexity index is 2530. The van der Waals surface area contributed by atoms with Crippen LogP contribution in [0.5, 0.6) is 23.3 Å². The first-order chi connectivity index (χ1) is 23.7. The molecule has 0 unspecified atom stereocenters. The van der Waals surface area contributed by atoms with Gasteiger partial charge in [-0.15, -0.1) is 0 Å². The Kier molecular flexibility index (Phi) is 9.25. The van der Waals surface area contributed by atoms with Gasteiger partial charge in [-0.05, 0) is 24.3 Å². The van der Waals surface area contributed by atoms with Crippen LogP contribution in [0.1, 0.15) is 7.43 Å². The molecular formula is C36H36Cl2N8O4.